The second kappa shape index (κ2) is 6.16. The highest BCUT2D eigenvalue weighted by Gasteiger charge is 2.30. The van der Waals surface area contributed by atoms with E-state index in [0.717, 1.165) is 44.4 Å². The maximum absolute atomic E-state index is 6.17. The molecule has 0 fully saturated rings. The van der Waals surface area contributed by atoms with Gasteiger partial charge in [0.1, 0.15) is 28.6 Å². The van der Waals surface area contributed by atoms with Gasteiger partial charge in [-0.15, -0.1) is 0 Å². The summed E-state index contributed by atoms with van der Waals surface area (Å²) in [5.74, 6) is 1.70. The molecule has 0 N–H and O–H groups in total. The fraction of sp³-hybridized carbons (Fsp3) is 0.0370. The number of hydrogen-bond acceptors (Lipinski definition) is 3. The number of hydrogen-bond donors (Lipinski definition) is 0. The molecule has 0 bridgehead atoms. The zero-order valence-corrected chi connectivity index (χ0v) is 16.6. The molecule has 1 aliphatic heterocycles. The normalized spacial score (nSPS) is 13.3. The first-order valence-corrected chi connectivity index (χ1v) is 10.4. The number of para-hydroxylation sites is 2. The average molecular weight is 399 g/mol. The minimum Gasteiger partial charge on any atom is -0.457 e. The summed E-state index contributed by atoms with van der Waals surface area (Å²) in [7, 11) is 0. The van der Waals surface area contributed by atoms with E-state index in [2.05, 4.69) is 60.7 Å². The van der Waals surface area contributed by atoms with Crippen molar-refractivity contribution in [1.29, 1.82) is 0 Å². The van der Waals surface area contributed by atoms with Crippen LogP contribution in [0.5, 0.6) is 11.5 Å². The molecule has 0 aliphatic carbocycles. The lowest BCUT2D eigenvalue weighted by Crippen LogP contribution is -2.19. The molecule has 1 aromatic heterocycles. The Balaban J connectivity index is 1.59. The summed E-state index contributed by atoms with van der Waals surface area (Å²) in [4.78, 5) is 1.86. The van der Waals surface area contributed by atoms with E-state index in [4.69, 9.17) is 14.9 Å². The summed E-state index contributed by atoms with van der Waals surface area (Å²) in [6, 6.07) is 33.0. The van der Waals surface area contributed by atoms with Crippen LogP contribution in [0.4, 0.5) is 0 Å². The fourth-order valence-corrected chi connectivity index (χ4v) is 4.78. The molecular formula is C27H17N3O. The second-order valence-electron chi connectivity index (χ2n) is 7.89. The molecule has 0 saturated carbocycles. The Labute approximate surface area is 178 Å². The van der Waals surface area contributed by atoms with E-state index in [1.54, 1.807) is 0 Å². The predicted molar refractivity (Wildman–Crippen MR) is 123 cm³/mol. The number of nitrogens with zero attached hydrogens (tertiary/aromatic N) is 3. The minimum atomic E-state index is -0.147. The molecule has 4 heteroatoms. The first-order chi connectivity index (χ1) is 15.4. The van der Waals surface area contributed by atoms with Crippen LogP contribution in [0.15, 0.2) is 97.1 Å². The number of fused-ring (bicyclic) bond motifs is 8. The summed E-state index contributed by atoms with van der Waals surface area (Å²) in [6.45, 7) is 0. The number of aromatic nitrogens is 3. The Kier molecular flexibility index (Phi) is 3.30. The maximum Gasteiger partial charge on any atom is 0.133 e. The lowest BCUT2D eigenvalue weighted by Gasteiger charge is -2.27. The molecule has 0 atom stereocenters. The lowest BCUT2D eigenvalue weighted by atomic mass is 9.95. The van der Waals surface area contributed by atoms with Crippen LogP contribution in [0.3, 0.4) is 0 Å². The molecule has 0 amide bonds. The van der Waals surface area contributed by atoms with E-state index < -0.39 is 0 Å². The Morgan fingerprint density at radius 1 is 0.516 bits per heavy atom. The second-order valence-corrected chi connectivity index (χ2v) is 7.89. The third-order valence-corrected chi connectivity index (χ3v) is 6.16. The third kappa shape index (κ3) is 2.30. The van der Waals surface area contributed by atoms with Crippen LogP contribution in [0.1, 0.15) is 17.2 Å². The molecule has 0 spiro atoms. The van der Waals surface area contributed by atoms with E-state index in [-0.39, 0.29) is 6.04 Å². The molecule has 4 nitrogen and oxygen atoms in total. The average Bonchev–Trinajstić information content (AvgIpc) is 3.28. The Hall–Kier alpha value is -4.18. The fourth-order valence-electron chi connectivity index (χ4n) is 4.78. The largest absolute Gasteiger partial charge is 0.457 e. The summed E-state index contributed by atoms with van der Waals surface area (Å²) in [5.41, 5.74) is 3.98. The minimum absolute atomic E-state index is 0.147. The van der Waals surface area contributed by atoms with Gasteiger partial charge in [-0.25, -0.2) is 0 Å². The topological polar surface area (TPSA) is 39.9 Å². The summed E-state index contributed by atoms with van der Waals surface area (Å²) in [5, 5.41) is 14.8. The van der Waals surface area contributed by atoms with Crippen molar-refractivity contribution in [2.45, 2.75) is 6.04 Å². The third-order valence-electron chi connectivity index (χ3n) is 6.16. The van der Waals surface area contributed by atoms with Crippen LogP contribution < -0.4 is 4.74 Å². The van der Waals surface area contributed by atoms with E-state index in [1.165, 1.54) is 10.8 Å². The van der Waals surface area contributed by atoms with E-state index in [1.807, 2.05) is 41.2 Å². The summed E-state index contributed by atoms with van der Waals surface area (Å²) >= 11 is 0. The number of rotatable bonds is 1. The molecule has 7 rings (SSSR count). The zero-order chi connectivity index (χ0) is 20.4. The standard InChI is InChI=1S/C27H17N3O/c1-3-11-19-17(9-1)18-10-2-4-12-20(18)26-25(19)28-30(29-26)27-21-13-5-7-15-23(21)31-24-16-8-6-14-22(24)27/h1-16,27H. The molecule has 2 heterocycles. The van der Waals surface area contributed by atoms with Crippen molar-refractivity contribution in [2.75, 3.05) is 0 Å². The van der Waals surface area contributed by atoms with Crippen molar-refractivity contribution in [3.05, 3.63) is 108 Å². The zero-order valence-electron chi connectivity index (χ0n) is 16.6. The van der Waals surface area contributed by atoms with Crippen LogP contribution in [0, 0.1) is 0 Å². The Morgan fingerprint density at radius 3 is 1.45 bits per heavy atom. The van der Waals surface area contributed by atoms with Gasteiger partial charge in [-0.2, -0.15) is 15.0 Å². The van der Waals surface area contributed by atoms with Crippen LogP contribution in [-0.4, -0.2) is 15.0 Å². The van der Waals surface area contributed by atoms with Gasteiger partial charge < -0.3 is 4.74 Å². The summed E-state index contributed by atoms with van der Waals surface area (Å²) in [6.07, 6.45) is 0. The van der Waals surface area contributed by atoms with Crippen LogP contribution in [0.25, 0.3) is 32.6 Å². The Morgan fingerprint density at radius 2 is 0.935 bits per heavy atom. The van der Waals surface area contributed by atoms with Crippen molar-refractivity contribution in [2.24, 2.45) is 0 Å². The summed E-state index contributed by atoms with van der Waals surface area (Å²) < 4.78 is 6.17. The van der Waals surface area contributed by atoms with Gasteiger partial charge >= 0.3 is 0 Å². The maximum atomic E-state index is 6.17. The monoisotopic (exact) mass is 399 g/mol. The van der Waals surface area contributed by atoms with Gasteiger partial charge in [0.2, 0.25) is 0 Å². The van der Waals surface area contributed by atoms with Gasteiger partial charge in [0.25, 0.3) is 0 Å². The molecule has 5 aromatic carbocycles. The number of ether oxygens (including phenoxy) is 1. The molecular weight excluding hydrogens is 382 g/mol. The van der Waals surface area contributed by atoms with Crippen molar-refractivity contribution in [3.8, 4) is 11.5 Å². The van der Waals surface area contributed by atoms with Crippen molar-refractivity contribution >= 4 is 32.6 Å². The molecule has 1 aliphatic rings. The first-order valence-electron chi connectivity index (χ1n) is 10.4. The van der Waals surface area contributed by atoms with Gasteiger partial charge in [-0.05, 0) is 22.9 Å². The van der Waals surface area contributed by atoms with E-state index >= 15 is 0 Å². The van der Waals surface area contributed by atoms with Crippen molar-refractivity contribution < 1.29 is 4.74 Å². The van der Waals surface area contributed by atoms with Gasteiger partial charge in [-0.3, -0.25) is 0 Å². The molecule has 0 unspecified atom stereocenters. The van der Waals surface area contributed by atoms with Crippen molar-refractivity contribution in [3.63, 3.8) is 0 Å². The van der Waals surface area contributed by atoms with Crippen molar-refractivity contribution in [1.82, 2.24) is 15.0 Å². The van der Waals surface area contributed by atoms with Crippen LogP contribution >= 0.6 is 0 Å². The van der Waals surface area contributed by atoms with Gasteiger partial charge in [0.05, 0.1) is 0 Å². The van der Waals surface area contributed by atoms with Gasteiger partial charge in [-0.1, -0.05) is 84.9 Å². The molecule has 146 valence electrons. The highest BCUT2D eigenvalue weighted by molar-refractivity contribution is 6.22. The predicted octanol–water partition coefficient (Wildman–Crippen LogP) is 6.48. The molecule has 31 heavy (non-hydrogen) atoms. The smallest absolute Gasteiger partial charge is 0.133 e. The SMILES string of the molecule is c1ccc2c(c1)Oc1ccccc1C2n1nc2c3ccccc3c3ccccc3c2n1. The van der Waals surface area contributed by atoms with Gasteiger partial charge in [0, 0.05) is 21.9 Å². The van der Waals surface area contributed by atoms with Crippen LogP contribution in [-0.2, 0) is 0 Å². The van der Waals surface area contributed by atoms with E-state index in [0.29, 0.717) is 0 Å². The first kappa shape index (κ1) is 16.6. The van der Waals surface area contributed by atoms with E-state index in [9.17, 15) is 0 Å². The van der Waals surface area contributed by atoms with Gasteiger partial charge in [0.15, 0.2) is 0 Å². The molecule has 6 aromatic rings. The highest BCUT2D eigenvalue weighted by Crippen LogP contribution is 2.44. The molecule has 0 saturated heterocycles. The Bertz CT molecular complexity index is 1510. The highest BCUT2D eigenvalue weighted by atomic mass is 16.5. The quantitative estimate of drug-likeness (QED) is 0.297. The molecule has 0 radical (unpaired) electrons. The lowest BCUT2D eigenvalue weighted by molar-refractivity contribution is 0.411. The number of benzene rings is 5. The van der Waals surface area contributed by atoms with Crippen LogP contribution in [0.2, 0.25) is 0 Å².